The summed E-state index contributed by atoms with van der Waals surface area (Å²) < 4.78 is 85.3. The summed E-state index contributed by atoms with van der Waals surface area (Å²) in [7, 11) is -2.56. The fourth-order valence-corrected chi connectivity index (χ4v) is 5.44. The van der Waals surface area contributed by atoms with Crippen LogP contribution >= 0.6 is 8.53 Å². The van der Waals surface area contributed by atoms with E-state index in [1.165, 1.54) is 6.42 Å². The van der Waals surface area contributed by atoms with Gasteiger partial charge in [-0.3, -0.25) is 4.79 Å². The van der Waals surface area contributed by atoms with Gasteiger partial charge >= 0.3 is 14.5 Å². The maximum Gasteiger partial charge on any atom is 0.382 e. The highest BCUT2D eigenvalue weighted by Crippen LogP contribution is 2.56. The Bertz CT molecular complexity index is 1100. The molecule has 5 nitrogen and oxygen atoms in total. The number of esters is 1. The summed E-state index contributed by atoms with van der Waals surface area (Å²) in [6.45, 7) is 5.56. The SMILES string of the molecule is CC(C)(C)c1ccc(OP(NCC(=O)OC2CC3(CCC3)C2)Oc2c(F)c(F)c(F)c(F)c2F)cc1. The fraction of sp³-hybridized carbons (Fsp3) is 0.480. The summed E-state index contributed by atoms with van der Waals surface area (Å²) in [5.74, 6) is -12.8. The predicted octanol–water partition coefficient (Wildman–Crippen LogP) is 6.83. The van der Waals surface area contributed by atoms with Crippen LogP contribution in [0.1, 0.15) is 58.4 Å². The van der Waals surface area contributed by atoms with Gasteiger partial charge in [-0.1, -0.05) is 39.3 Å². The van der Waals surface area contributed by atoms with Gasteiger partial charge < -0.3 is 13.8 Å². The molecule has 0 aliphatic heterocycles. The van der Waals surface area contributed by atoms with Crippen LogP contribution in [0.4, 0.5) is 22.0 Å². The maximum absolute atomic E-state index is 14.2. The highest BCUT2D eigenvalue weighted by atomic mass is 31.2. The van der Waals surface area contributed by atoms with E-state index in [1.54, 1.807) is 24.3 Å². The smallest absolute Gasteiger partial charge is 0.382 e. The molecule has 0 bridgehead atoms. The number of ether oxygens (including phenoxy) is 1. The summed E-state index contributed by atoms with van der Waals surface area (Å²) in [5, 5.41) is 2.55. The summed E-state index contributed by atoms with van der Waals surface area (Å²) in [6, 6.07) is 6.68. The zero-order valence-electron chi connectivity index (χ0n) is 20.1. The van der Waals surface area contributed by atoms with Crippen LogP contribution in [0.5, 0.6) is 11.5 Å². The molecular weight excluding hydrogens is 504 g/mol. The standard InChI is InChI=1S/C25H27F5NO4P/c1-24(2,3)14-5-7-15(8-6-14)34-36(35-23-21(29)19(27)18(26)20(28)22(23)30)31-13-17(32)33-16-11-25(12-16)9-4-10-25/h5-8,16,31H,4,9-13H2,1-3H3. The second-order valence-electron chi connectivity index (χ2n) is 10.3. The van der Waals surface area contributed by atoms with Gasteiger partial charge in [-0.15, -0.1) is 0 Å². The van der Waals surface area contributed by atoms with Gasteiger partial charge in [-0.25, -0.2) is 18.3 Å². The lowest BCUT2D eigenvalue weighted by molar-refractivity contribution is -0.166. The molecule has 1 spiro atoms. The normalized spacial score (nSPS) is 17.8. The molecule has 4 rings (SSSR count). The van der Waals surface area contributed by atoms with Gasteiger partial charge in [0.15, 0.2) is 0 Å². The molecule has 0 heterocycles. The first-order valence-electron chi connectivity index (χ1n) is 11.6. The molecule has 11 heteroatoms. The average molecular weight is 531 g/mol. The summed E-state index contributed by atoms with van der Waals surface area (Å²) in [6.07, 6.45) is 4.82. The molecule has 0 radical (unpaired) electrons. The summed E-state index contributed by atoms with van der Waals surface area (Å²) >= 11 is 0. The highest BCUT2D eigenvalue weighted by molar-refractivity contribution is 7.45. The van der Waals surface area contributed by atoms with Crippen LogP contribution in [-0.4, -0.2) is 18.6 Å². The van der Waals surface area contributed by atoms with E-state index in [0.29, 0.717) is 5.41 Å². The van der Waals surface area contributed by atoms with E-state index in [0.717, 1.165) is 31.2 Å². The molecule has 0 amide bonds. The molecule has 2 saturated carbocycles. The maximum atomic E-state index is 14.2. The number of carbonyl (C=O) groups excluding carboxylic acids is 1. The Morgan fingerprint density at radius 1 is 0.944 bits per heavy atom. The third-order valence-electron chi connectivity index (χ3n) is 6.64. The number of benzene rings is 2. The molecule has 1 N–H and O–H groups in total. The van der Waals surface area contributed by atoms with Crippen LogP contribution in [0.25, 0.3) is 0 Å². The molecule has 0 saturated heterocycles. The minimum Gasteiger partial charge on any atom is -0.461 e. The largest absolute Gasteiger partial charge is 0.461 e. The molecule has 1 unspecified atom stereocenters. The van der Waals surface area contributed by atoms with E-state index in [4.69, 9.17) is 13.8 Å². The Balaban J connectivity index is 1.47. The van der Waals surface area contributed by atoms with Crippen molar-refractivity contribution in [3.63, 3.8) is 0 Å². The Hall–Kier alpha value is -2.45. The van der Waals surface area contributed by atoms with Gasteiger partial charge in [0.25, 0.3) is 0 Å². The average Bonchev–Trinajstić information content (AvgIpc) is 2.78. The summed E-state index contributed by atoms with van der Waals surface area (Å²) in [5.41, 5.74) is 1.11. The van der Waals surface area contributed by atoms with E-state index in [1.807, 2.05) is 20.8 Å². The van der Waals surface area contributed by atoms with Crippen LogP contribution in [0, 0.1) is 34.5 Å². The van der Waals surface area contributed by atoms with E-state index in [2.05, 4.69) is 5.09 Å². The Kier molecular flexibility index (Phi) is 7.49. The van der Waals surface area contributed by atoms with Crippen molar-refractivity contribution in [3.8, 4) is 11.5 Å². The lowest BCUT2D eigenvalue weighted by Crippen LogP contribution is -2.48. The fourth-order valence-electron chi connectivity index (χ4n) is 4.37. The monoisotopic (exact) mass is 531 g/mol. The molecule has 36 heavy (non-hydrogen) atoms. The van der Waals surface area contributed by atoms with Gasteiger partial charge in [0.1, 0.15) is 18.4 Å². The lowest BCUT2D eigenvalue weighted by atomic mass is 9.55. The molecule has 2 fully saturated rings. The van der Waals surface area contributed by atoms with E-state index >= 15 is 0 Å². The molecular formula is C25H27F5NO4P. The predicted molar refractivity (Wildman–Crippen MR) is 123 cm³/mol. The van der Waals surface area contributed by atoms with Crippen molar-refractivity contribution in [2.45, 2.75) is 64.4 Å². The third kappa shape index (κ3) is 5.59. The van der Waals surface area contributed by atoms with Crippen molar-refractivity contribution in [2.75, 3.05) is 6.54 Å². The number of carbonyl (C=O) groups is 1. The molecule has 0 aromatic heterocycles. The second-order valence-corrected chi connectivity index (χ2v) is 11.5. The third-order valence-corrected chi connectivity index (χ3v) is 7.78. The molecule has 2 aliphatic carbocycles. The van der Waals surface area contributed by atoms with Gasteiger partial charge in [-0.05, 0) is 54.2 Å². The van der Waals surface area contributed by atoms with E-state index in [9.17, 15) is 26.7 Å². The van der Waals surface area contributed by atoms with Crippen LogP contribution in [-0.2, 0) is 14.9 Å². The second kappa shape index (κ2) is 10.1. The van der Waals surface area contributed by atoms with E-state index in [-0.39, 0.29) is 17.3 Å². The van der Waals surface area contributed by atoms with Crippen molar-refractivity contribution in [2.24, 2.45) is 5.41 Å². The van der Waals surface area contributed by atoms with Gasteiger partial charge in [0, 0.05) is 0 Å². The Morgan fingerprint density at radius 2 is 1.50 bits per heavy atom. The molecule has 2 aromatic carbocycles. The number of hydrogen-bond donors (Lipinski definition) is 1. The highest BCUT2D eigenvalue weighted by Gasteiger charge is 2.49. The number of rotatable bonds is 8. The minimum absolute atomic E-state index is 0.156. The first-order chi connectivity index (χ1) is 16.9. The van der Waals surface area contributed by atoms with Gasteiger partial charge in [-0.2, -0.15) is 8.78 Å². The van der Waals surface area contributed by atoms with Crippen molar-refractivity contribution >= 4 is 14.5 Å². The topological polar surface area (TPSA) is 56.8 Å². The van der Waals surface area contributed by atoms with Crippen LogP contribution in [0.15, 0.2) is 24.3 Å². The van der Waals surface area contributed by atoms with Gasteiger partial charge in [0.2, 0.25) is 34.8 Å². The van der Waals surface area contributed by atoms with Crippen LogP contribution < -0.4 is 14.1 Å². The first kappa shape index (κ1) is 26.6. The van der Waals surface area contributed by atoms with Crippen LogP contribution in [0.3, 0.4) is 0 Å². The zero-order chi connectivity index (χ0) is 26.3. The molecule has 2 aliphatic rings. The van der Waals surface area contributed by atoms with Crippen molar-refractivity contribution in [1.29, 1.82) is 0 Å². The first-order valence-corrected chi connectivity index (χ1v) is 12.8. The zero-order valence-corrected chi connectivity index (χ0v) is 21.0. The molecule has 2 aromatic rings. The van der Waals surface area contributed by atoms with Crippen LogP contribution in [0.2, 0.25) is 0 Å². The lowest BCUT2D eigenvalue weighted by Gasteiger charge is -2.53. The number of halogens is 5. The number of nitrogens with one attached hydrogen (secondary N) is 1. The number of hydrogen-bond acceptors (Lipinski definition) is 5. The van der Waals surface area contributed by atoms with Crippen molar-refractivity contribution in [3.05, 3.63) is 58.9 Å². The molecule has 196 valence electrons. The van der Waals surface area contributed by atoms with Crippen molar-refractivity contribution < 1.29 is 40.5 Å². The Morgan fingerprint density at radius 3 is 2.00 bits per heavy atom. The van der Waals surface area contributed by atoms with Gasteiger partial charge in [0.05, 0.1) is 0 Å². The van der Waals surface area contributed by atoms with Crippen molar-refractivity contribution in [1.82, 2.24) is 5.09 Å². The summed E-state index contributed by atoms with van der Waals surface area (Å²) in [4.78, 5) is 12.3. The van der Waals surface area contributed by atoms with E-state index < -0.39 is 55.9 Å². The Labute approximate surface area is 207 Å². The molecule has 1 atom stereocenters. The minimum atomic E-state index is -2.56. The quantitative estimate of drug-likeness (QED) is 0.133.